The number of nitrogens with one attached hydrogen (secondary N) is 1. The summed E-state index contributed by atoms with van der Waals surface area (Å²) in [6.45, 7) is 0.293. The number of pyridine rings is 1. The largest absolute Gasteiger partial charge is 0.481 e. The van der Waals surface area contributed by atoms with E-state index in [9.17, 15) is 9.18 Å². The Hall–Kier alpha value is -2.15. The van der Waals surface area contributed by atoms with E-state index in [-0.39, 0.29) is 17.2 Å². The lowest BCUT2D eigenvalue weighted by Gasteiger charge is -2.09. The number of carbonyl (C=O) groups is 1. The SMILES string of the molecule is COc1cc(CNC(=O)c2cc(N)c(F)cc2Br)ccn1. The number of nitrogen functional groups attached to an aromatic ring is 1. The summed E-state index contributed by atoms with van der Waals surface area (Å²) in [6, 6.07) is 5.94. The summed E-state index contributed by atoms with van der Waals surface area (Å²) in [5, 5.41) is 2.72. The predicted octanol–water partition coefficient (Wildman–Crippen LogP) is 2.50. The summed E-state index contributed by atoms with van der Waals surface area (Å²) < 4.78 is 18.6. The van der Waals surface area contributed by atoms with Gasteiger partial charge >= 0.3 is 0 Å². The van der Waals surface area contributed by atoms with E-state index in [1.807, 2.05) is 0 Å². The van der Waals surface area contributed by atoms with Crippen LogP contribution in [0.25, 0.3) is 0 Å². The van der Waals surface area contributed by atoms with E-state index in [0.717, 1.165) is 5.56 Å². The van der Waals surface area contributed by atoms with Gasteiger partial charge in [-0.15, -0.1) is 0 Å². The average molecular weight is 354 g/mol. The Bertz CT molecular complexity index is 679. The molecule has 1 aromatic carbocycles. The van der Waals surface area contributed by atoms with Crippen molar-refractivity contribution in [1.82, 2.24) is 10.3 Å². The Labute approximate surface area is 129 Å². The zero-order chi connectivity index (χ0) is 15.4. The Morgan fingerprint density at radius 3 is 2.95 bits per heavy atom. The fraction of sp³-hybridized carbons (Fsp3) is 0.143. The van der Waals surface area contributed by atoms with E-state index < -0.39 is 5.82 Å². The smallest absolute Gasteiger partial charge is 0.252 e. The van der Waals surface area contributed by atoms with Crippen LogP contribution in [0, 0.1) is 5.82 Å². The van der Waals surface area contributed by atoms with Gasteiger partial charge in [-0.3, -0.25) is 4.79 Å². The molecule has 1 amide bonds. The number of hydrogen-bond acceptors (Lipinski definition) is 4. The minimum Gasteiger partial charge on any atom is -0.481 e. The highest BCUT2D eigenvalue weighted by Gasteiger charge is 2.13. The highest BCUT2D eigenvalue weighted by Crippen LogP contribution is 2.22. The van der Waals surface area contributed by atoms with E-state index >= 15 is 0 Å². The van der Waals surface area contributed by atoms with Gasteiger partial charge in [-0.2, -0.15) is 0 Å². The molecule has 0 unspecified atom stereocenters. The second-order valence-corrected chi connectivity index (χ2v) is 5.10. The van der Waals surface area contributed by atoms with Gasteiger partial charge in [-0.25, -0.2) is 9.37 Å². The van der Waals surface area contributed by atoms with Crippen LogP contribution < -0.4 is 15.8 Å². The molecular weight excluding hydrogens is 341 g/mol. The monoisotopic (exact) mass is 353 g/mol. The summed E-state index contributed by atoms with van der Waals surface area (Å²) in [5.41, 5.74) is 6.50. The van der Waals surface area contributed by atoms with E-state index in [1.165, 1.54) is 19.2 Å². The maximum atomic E-state index is 13.2. The number of nitrogens with two attached hydrogens (primary N) is 1. The number of aromatic nitrogens is 1. The third-order valence-corrected chi connectivity index (χ3v) is 3.45. The molecule has 2 aromatic rings. The molecule has 110 valence electrons. The molecule has 0 saturated carbocycles. The van der Waals surface area contributed by atoms with Crippen LogP contribution in [-0.2, 0) is 6.54 Å². The van der Waals surface area contributed by atoms with Crippen LogP contribution in [-0.4, -0.2) is 18.0 Å². The highest BCUT2D eigenvalue weighted by molar-refractivity contribution is 9.10. The van der Waals surface area contributed by atoms with Crippen molar-refractivity contribution in [3.8, 4) is 5.88 Å². The fourth-order valence-corrected chi connectivity index (χ4v) is 2.18. The van der Waals surface area contributed by atoms with Crippen LogP contribution >= 0.6 is 15.9 Å². The Morgan fingerprint density at radius 2 is 2.24 bits per heavy atom. The number of carbonyl (C=O) groups excluding carboxylic acids is 1. The number of amides is 1. The number of rotatable bonds is 4. The molecule has 0 saturated heterocycles. The number of halogens is 2. The molecule has 0 aliphatic rings. The van der Waals surface area contributed by atoms with Crippen LogP contribution in [0.5, 0.6) is 5.88 Å². The first kappa shape index (κ1) is 15.2. The predicted molar refractivity (Wildman–Crippen MR) is 80.5 cm³/mol. The van der Waals surface area contributed by atoms with Gasteiger partial charge in [0.2, 0.25) is 5.88 Å². The molecule has 1 aromatic heterocycles. The van der Waals surface area contributed by atoms with Crippen molar-refractivity contribution in [3.63, 3.8) is 0 Å². The first-order chi connectivity index (χ1) is 10.0. The maximum Gasteiger partial charge on any atom is 0.252 e. The Morgan fingerprint density at radius 1 is 1.48 bits per heavy atom. The van der Waals surface area contributed by atoms with Crippen LogP contribution in [0.4, 0.5) is 10.1 Å². The van der Waals surface area contributed by atoms with Crippen molar-refractivity contribution in [2.24, 2.45) is 0 Å². The third-order valence-electron chi connectivity index (χ3n) is 2.79. The minimum absolute atomic E-state index is 0.0751. The highest BCUT2D eigenvalue weighted by atomic mass is 79.9. The summed E-state index contributed by atoms with van der Waals surface area (Å²) >= 11 is 3.14. The van der Waals surface area contributed by atoms with Gasteiger partial charge < -0.3 is 15.8 Å². The number of ether oxygens (including phenoxy) is 1. The molecule has 0 atom stereocenters. The topological polar surface area (TPSA) is 77.2 Å². The molecule has 0 aliphatic heterocycles. The summed E-state index contributed by atoms with van der Waals surface area (Å²) in [6.07, 6.45) is 1.59. The second-order valence-electron chi connectivity index (χ2n) is 4.24. The van der Waals surface area contributed by atoms with Crippen LogP contribution in [0.2, 0.25) is 0 Å². The molecule has 7 heteroatoms. The number of anilines is 1. The molecule has 1 heterocycles. The Balaban J connectivity index is 2.10. The molecule has 0 bridgehead atoms. The molecule has 21 heavy (non-hydrogen) atoms. The van der Waals surface area contributed by atoms with Gasteiger partial charge in [0, 0.05) is 23.3 Å². The summed E-state index contributed by atoms with van der Waals surface area (Å²) in [5.74, 6) is -0.462. The van der Waals surface area contributed by atoms with Crippen molar-refractivity contribution in [3.05, 3.63) is 51.9 Å². The average Bonchev–Trinajstić information content (AvgIpc) is 2.48. The quantitative estimate of drug-likeness (QED) is 0.828. The van der Waals surface area contributed by atoms with E-state index in [4.69, 9.17) is 10.5 Å². The van der Waals surface area contributed by atoms with E-state index in [1.54, 1.807) is 18.3 Å². The van der Waals surface area contributed by atoms with Gasteiger partial charge in [-0.05, 0) is 39.7 Å². The lowest BCUT2D eigenvalue weighted by molar-refractivity contribution is 0.0950. The first-order valence-electron chi connectivity index (χ1n) is 6.03. The summed E-state index contributed by atoms with van der Waals surface area (Å²) in [7, 11) is 1.52. The number of nitrogens with zero attached hydrogens (tertiary/aromatic N) is 1. The molecule has 2 rings (SSSR count). The van der Waals surface area contributed by atoms with Gasteiger partial charge in [0.05, 0.1) is 18.4 Å². The molecular formula is C14H13BrFN3O2. The fourth-order valence-electron chi connectivity index (χ4n) is 1.69. The molecule has 0 aliphatic carbocycles. The van der Waals surface area contributed by atoms with Gasteiger partial charge in [0.15, 0.2) is 0 Å². The van der Waals surface area contributed by atoms with Crippen LogP contribution in [0.15, 0.2) is 34.9 Å². The normalized spacial score (nSPS) is 10.2. The molecule has 0 radical (unpaired) electrons. The van der Waals surface area contributed by atoms with E-state index in [2.05, 4.69) is 26.2 Å². The van der Waals surface area contributed by atoms with Gasteiger partial charge in [0.1, 0.15) is 5.82 Å². The van der Waals surface area contributed by atoms with Crippen molar-refractivity contribution in [2.75, 3.05) is 12.8 Å². The van der Waals surface area contributed by atoms with Crippen molar-refractivity contribution >= 4 is 27.5 Å². The number of benzene rings is 1. The van der Waals surface area contributed by atoms with Gasteiger partial charge in [0.25, 0.3) is 5.91 Å². The van der Waals surface area contributed by atoms with Crippen molar-refractivity contribution in [1.29, 1.82) is 0 Å². The zero-order valence-corrected chi connectivity index (χ0v) is 12.8. The molecule has 5 nitrogen and oxygen atoms in total. The number of methoxy groups -OCH3 is 1. The minimum atomic E-state index is -0.572. The van der Waals surface area contributed by atoms with Crippen LogP contribution in [0.3, 0.4) is 0 Å². The van der Waals surface area contributed by atoms with Crippen molar-refractivity contribution in [2.45, 2.75) is 6.54 Å². The maximum absolute atomic E-state index is 13.2. The Kier molecular flexibility index (Phi) is 4.74. The summed E-state index contributed by atoms with van der Waals surface area (Å²) in [4.78, 5) is 16.1. The molecule has 0 fully saturated rings. The number of hydrogen-bond donors (Lipinski definition) is 2. The lowest BCUT2D eigenvalue weighted by atomic mass is 10.1. The standard InChI is InChI=1S/C14H13BrFN3O2/c1-21-13-4-8(2-3-18-13)7-19-14(20)9-5-12(17)11(16)6-10(9)15/h2-6H,7,17H2,1H3,(H,19,20). The van der Waals surface area contributed by atoms with Crippen molar-refractivity contribution < 1.29 is 13.9 Å². The van der Waals surface area contributed by atoms with E-state index in [0.29, 0.717) is 16.9 Å². The zero-order valence-electron chi connectivity index (χ0n) is 11.2. The second kappa shape index (κ2) is 6.53. The molecule has 0 spiro atoms. The van der Waals surface area contributed by atoms with Gasteiger partial charge in [-0.1, -0.05) is 0 Å². The first-order valence-corrected chi connectivity index (χ1v) is 6.82. The lowest BCUT2D eigenvalue weighted by Crippen LogP contribution is -2.23. The van der Waals surface area contributed by atoms with Crippen LogP contribution in [0.1, 0.15) is 15.9 Å². The molecule has 3 N–H and O–H groups in total. The third kappa shape index (κ3) is 3.69.